The predicted octanol–water partition coefficient (Wildman–Crippen LogP) is 4.89. The van der Waals surface area contributed by atoms with Crippen LogP contribution in [0.15, 0.2) is 0 Å². The average molecular weight is 413 g/mol. The summed E-state index contributed by atoms with van der Waals surface area (Å²) in [7, 11) is 0. The van der Waals surface area contributed by atoms with Gasteiger partial charge in [0.15, 0.2) is 0 Å². The minimum absolute atomic E-state index is 0.411. The first kappa shape index (κ1) is 20.7. The molecule has 0 radical (unpaired) electrons. The summed E-state index contributed by atoms with van der Waals surface area (Å²) >= 11 is 0. The number of carbonyl (C=O) groups is 1. The molecule has 1 N–H and O–H groups in total. The first-order valence-corrected chi connectivity index (χ1v) is 11.0. The molecule has 4 fully saturated rings. The van der Waals surface area contributed by atoms with Gasteiger partial charge in [-0.3, -0.25) is 0 Å². The molecule has 0 unspecified atom stereocenters. The third-order valence-electron chi connectivity index (χ3n) is 7.36. The van der Waals surface area contributed by atoms with Gasteiger partial charge < -0.3 is 9.67 Å². The summed E-state index contributed by atoms with van der Waals surface area (Å²) < 4.78 is 34.3. The van der Waals surface area contributed by atoms with Gasteiger partial charge in [-0.1, -0.05) is 19.3 Å². The van der Waals surface area contributed by atoms with Crippen LogP contribution in [0.5, 0.6) is 0 Å². The lowest BCUT2D eigenvalue weighted by molar-refractivity contribution is -0.192. The molecule has 6 rings (SSSR count). The van der Waals surface area contributed by atoms with E-state index in [1.165, 1.54) is 88.8 Å². The van der Waals surface area contributed by atoms with Crippen molar-refractivity contribution in [1.29, 1.82) is 0 Å². The van der Waals surface area contributed by atoms with Crippen molar-refractivity contribution in [3.63, 3.8) is 0 Å². The van der Waals surface area contributed by atoms with Gasteiger partial charge in [-0.15, -0.1) is 10.2 Å². The van der Waals surface area contributed by atoms with E-state index in [1.54, 1.807) is 0 Å². The Morgan fingerprint density at radius 2 is 1.45 bits per heavy atom. The van der Waals surface area contributed by atoms with Crippen LogP contribution in [0, 0.1) is 17.8 Å². The Morgan fingerprint density at radius 1 is 0.931 bits per heavy atom. The van der Waals surface area contributed by atoms with Crippen molar-refractivity contribution in [3.8, 4) is 0 Å². The Morgan fingerprint density at radius 3 is 2.00 bits per heavy atom. The van der Waals surface area contributed by atoms with Crippen LogP contribution in [-0.2, 0) is 23.2 Å². The lowest BCUT2D eigenvalue weighted by Gasteiger charge is -2.56. The van der Waals surface area contributed by atoms with Gasteiger partial charge in [0.1, 0.15) is 11.6 Å². The van der Waals surface area contributed by atoms with Gasteiger partial charge in [-0.05, 0) is 69.1 Å². The summed E-state index contributed by atoms with van der Waals surface area (Å²) in [4.78, 5) is 8.90. The topological polar surface area (TPSA) is 68.0 Å². The molecular formula is C21H30F3N3O2. The van der Waals surface area contributed by atoms with E-state index in [0.717, 1.165) is 24.2 Å². The van der Waals surface area contributed by atoms with Crippen molar-refractivity contribution in [3.05, 3.63) is 11.6 Å². The number of hydrogen-bond acceptors (Lipinski definition) is 3. The second-order valence-electron chi connectivity index (χ2n) is 9.61. The lowest BCUT2D eigenvalue weighted by Crippen LogP contribution is -2.49. The van der Waals surface area contributed by atoms with E-state index >= 15 is 0 Å². The van der Waals surface area contributed by atoms with Crippen LogP contribution in [0.2, 0.25) is 0 Å². The number of rotatable bonds is 1. The fourth-order valence-corrected chi connectivity index (χ4v) is 6.62. The van der Waals surface area contributed by atoms with Crippen molar-refractivity contribution in [2.75, 3.05) is 0 Å². The summed E-state index contributed by atoms with van der Waals surface area (Å²) in [6.07, 6.45) is 11.7. The Labute approximate surface area is 169 Å². The highest BCUT2D eigenvalue weighted by Crippen LogP contribution is 2.60. The summed E-state index contributed by atoms with van der Waals surface area (Å²) in [5.74, 6) is 2.94. The molecule has 4 saturated carbocycles. The first-order valence-electron chi connectivity index (χ1n) is 11.0. The fraction of sp³-hybridized carbons (Fsp3) is 0.857. The number of aromatic nitrogens is 3. The molecule has 8 heteroatoms. The summed E-state index contributed by atoms with van der Waals surface area (Å²) in [5, 5.41) is 16.6. The quantitative estimate of drug-likeness (QED) is 0.712. The molecule has 0 spiro atoms. The van der Waals surface area contributed by atoms with E-state index in [4.69, 9.17) is 15.0 Å². The van der Waals surface area contributed by atoms with E-state index in [2.05, 4.69) is 9.67 Å². The molecule has 0 aromatic carbocycles. The Balaban J connectivity index is 0.000000255. The Hall–Kier alpha value is -1.60. The maximum atomic E-state index is 10.6. The molecule has 5 nitrogen and oxygen atoms in total. The number of fused-ring (bicyclic) bond motifs is 1. The van der Waals surface area contributed by atoms with Crippen molar-refractivity contribution in [2.45, 2.75) is 95.2 Å². The maximum Gasteiger partial charge on any atom is 0.490 e. The molecule has 1 aliphatic heterocycles. The number of aliphatic carboxylic acids is 1. The van der Waals surface area contributed by atoms with E-state index in [9.17, 15) is 13.2 Å². The number of aryl methyl sites for hydroxylation is 1. The second kappa shape index (κ2) is 7.91. The van der Waals surface area contributed by atoms with E-state index in [-0.39, 0.29) is 0 Å². The zero-order chi connectivity index (χ0) is 20.6. The van der Waals surface area contributed by atoms with E-state index < -0.39 is 12.1 Å². The number of nitrogens with zero attached hydrogens (tertiary/aromatic N) is 3. The monoisotopic (exact) mass is 413 g/mol. The minimum atomic E-state index is -5.08. The van der Waals surface area contributed by atoms with Crippen molar-refractivity contribution in [2.24, 2.45) is 17.8 Å². The molecule has 1 aromatic heterocycles. The number of halogens is 3. The van der Waals surface area contributed by atoms with Crippen molar-refractivity contribution < 1.29 is 23.1 Å². The third-order valence-corrected chi connectivity index (χ3v) is 7.36. The van der Waals surface area contributed by atoms with Crippen LogP contribution in [0.1, 0.15) is 82.3 Å². The minimum Gasteiger partial charge on any atom is -0.475 e. The zero-order valence-electron chi connectivity index (χ0n) is 16.8. The largest absolute Gasteiger partial charge is 0.490 e. The maximum absolute atomic E-state index is 10.6. The molecule has 5 aliphatic rings. The van der Waals surface area contributed by atoms with E-state index in [0.29, 0.717) is 5.41 Å². The summed E-state index contributed by atoms with van der Waals surface area (Å²) in [6, 6.07) is 0. The molecule has 4 bridgehead atoms. The van der Waals surface area contributed by atoms with Gasteiger partial charge in [-0.2, -0.15) is 13.2 Å². The molecule has 0 atom stereocenters. The van der Waals surface area contributed by atoms with Crippen LogP contribution in [0.3, 0.4) is 0 Å². The van der Waals surface area contributed by atoms with Crippen LogP contribution in [0.4, 0.5) is 13.2 Å². The first-order chi connectivity index (χ1) is 13.8. The summed E-state index contributed by atoms with van der Waals surface area (Å²) in [6.45, 7) is 1.18. The van der Waals surface area contributed by atoms with Gasteiger partial charge in [0.05, 0.1) is 0 Å². The third kappa shape index (κ3) is 4.31. The average Bonchev–Trinajstić information content (AvgIpc) is 3.06. The highest BCUT2D eigenvalue weighted by atomic mass is 19.4. The number of alkyl halides is 3. The normalized spacial score (nSPS) is 33.7. The van der Waals surface area contributed by atoms with Gasteiger partial charge >= 0.3 is 12.1 Å². The van der Waals surface area contributed by atoms with Crippen molar-refractivity contribution >= 4 is 5.97 Å². The Bertz CT molecular complexity index is 709. The van der Waals surface area contributed by atoms with Crippen LogP contribution in [0.25, 0.3) is 0 Å². The molecule has 29 heavy (non-hydrogen) atoms. The molecule has 4 aliphatic carbocycles. The number of hydrogen-bond donors (Lipinski definition) is 1. The second-order valence-corrected chi connectivity index (χ2v) is 9.61. The van der Waals surface area contributed by atoms with E-state index in [1.807, 2.05) is 0 Å². The standard InChI is InChI=1S/C19H29N3.C2HF3O2/c1-2-4-6-17-20-21-18(22(17)7-5-3-1)19-11-14-8-15(12-19)10-16(9-14)13-19;3-2(4,5)1(6)7/h14-16H,1-13H2;(H,6,7). The van der Waals surface area contributed by atoms with Crippen LogP contribution < -0.4 is 0 Å². The highest BCUT2D eigenvalue weighted by Gasteiger charge is 2.53. The fourth-order valence-electron chi connectivity index (χ4n) is 6.62. The molecular weight excluding hydrogens is 383 g/mol. The lowest BCUT2D eigenvalue weighted by atomic mass is 9.49. The smallest absolute Gasteiger partial charge is 0.475 e. The highest BCUT2D eigenvalue weighted by molar-refractivity contribution is 5.73. The molecule has 0 saturated heterocycles. The van der Waals surface area contributed by atoms with Gasteiger partial charge in [0.2, 0.25) is 0 Å². The zero-order valence-corrected chi connectivity index (χ0v) is 16.8. The van der Waals surface area contributed by atoms with Gasteiger partial charge in [-0.25, -0.2) is 4.79 Å². The van der Waals surface area contributed by atoms with Crippen molar-refractivity contribution in [1.82, 2.24) is 14.8 Å². The Kier molecular flexibility index (Phi) is 5.64. The van der Waals surface area contributed by atoms with Crippen LogP contribution in [-0.4, -0.2) is 32.0 Å². The molecule has 2 heterocycles. The molecule has 0 amide bonds. The van der Waals surface area contributed by atoms with Gasteiger partial charge in [0.25, 0.3) is 0 Å². The van der Waals surface area contributed by atoms with Gasteiger partial charge in [0, 0.05) is 18.4 Å². The predicted molar refractivity (Wildman–Crippen MR) is 100 cm³/mol. The summed E-state index contributed by atoms with van der Waals surface area (Å²) in [5.41, 5.74) is 0.411. The SMILES string of the molecule is C1CCCc2nnc(C34CC5CC(CC(C5)C3)C4)n2CCC1.O=C(O)C(F)(F)F. The van der Waals surface area contributed by atoms with Crippen LogP contribution >= 0.6 is 0 Å². The number of carboxylic acids is 1. The number of carboxylic acid groups (broad SMARTS) is 1. The molecule has 162 valence electrons. The molecule has 1 aromatic rings.